The van der Waals surface area contributed by atoms with Crippen molar-refractivity contribution in [2.75, 3.05) is 0 Å². The van der Waals surface area contributed by atoms with Crippen molar-refractivity contribution in [3.63, 3.8) is 0 Å². The summed E-state index contributed by atoms with van der Waals surface area (Å²) in [6, 6.07) is 20.3. The normalized spacial score (nSPS) is 11.5. The Labute approximate surface area is 166 Å². The minimum atomic E-state index is -0.246. The Morgan fingerprint density at radius 2 is 1.82 bits per heavy atom. The highest BCUT2D eigenvalue weighted by Crippen LogP contribution is 2.30. The number of nitrogens with zero attached hydrogens (tertiary/aromatic N) is 1. The van der Waals surface area contributed by atoms with Gasteiger partial charge in [0.2, 0.25) is 0 Å². The van der Waals surface area contributed by atoms with Crippen molar-refractivity contribution >= 4 is 32.8 Å². The molecule has 0 atom stereocenters. The van der Waals surface area contributed by atoms with Gasteiger partial charge in [-0.15, -0.1) is 11.3 Å². The maximum atomic E-state index is 14.1. The number of hydrogen-bond acceptors (Lipinski definition) is 4. The monoisotopic (exact) mass is 387 g/mol. The molecule has 0 bridgehead atoms. The highest BCUT2D eigenvalue weighted by Gasteiger charge is 2.11. The lowest BCUT2D eigenvalue weighted by molar-refractivity contribution is 0.605. The van der Waals surface area contributed by atoms with Crippen molar-refractivity contribution in [2.45, 2.75) is 6.54 Å². The molecule has 0 aliphatic heterocycles. The third-order valence-corrected chi connectivity index (χ3v) is 5.39. The van der Waals surface area contributed by atoms with Crippen LogP contribution in [0.4, 0.5) is 4.39 Å². The third kappa shape index (κ3) is 3.85. The molecule has 0 radical (unpaired) electrons. The van der Waals surface area contributed by atoms with Gasteiger partial charge in [0.05, 0.1) is 11.4 Å². The fraction of sp³-hybridized carbons (Fsp3) is 0.0435. The van der Waals surface area contributed by atoms with Crippen molar-refractivity contribution in [3.05, 3.63) is 107 Å². The molecule has 0 unspecified atom stereocenters. The van der Waals surface area contributed by atoms with Gasteiger partial charge < -0.3 is 5.32 Å². The minimum Gasteiger partial charge on any atom is -0.380 e. The predicted molar refractivity (Wildman–Crippen MR) is 114 cm³/mol. The average Bonchev–Trinajstić information content (AvgIpc) is 3.17. The second-order valence-electron chi connectivity index (χ2n) is 6.28. The molecule has 28 heavy (non-hydrogen) atoms. The number of hydrogen-bond donors (Lipinski definition) is 2. The van der Waals surface area contributed by atoms with E-state index in [4.69, 9.17) is 5.41 Å². The lowest BCUT2D eigenvalue weighted by atomic mass is 10.1. The number of benzene rings is 2. The van der Waals surface area contributed by atoms with Crippen LogP contribution in [-0.2, 0) is 6.54 Å². The quantitative estimate of drug-likeness (QED) is 0.421. The van der Waals surface area contributed by atoms with Crippen LogP contribution in [0.2, 0.25) is 0 Å². The van der Waals surface area contributed by atoms with Crippen LogP contribution >= 0.6 is 11.3 Å². The summed E-state index contributed by atoms with van der Waals surface area (Å²) in [4.78, 5) is 4.25. The summed E-state index contributed by atoms with van der Waals surface area (Å²) in [5.41, 5.74) is 3.24. The number of fused-ring (bicyclic) bond motifs is 1. The van der Waals surface area contributed by atoms with E-state index in [9.17, 15) is 4.39 Å². The molecule has 4 rings (SSSR count). The average molecular weight is 387 g/mol. The summed E-state index contributed by atoms with van der Waals surface area (Å²) in [5.74, 6) is -0.246. The molecule has 5 heteroatoms. The summed E-state index contributed by atoms with van der Waals surface area (Å²) < 4.78 is 15.2. The number of rotatable bonds is 6. The predicted octanol–water partition coefficient (Wildman–Crippen LogP) is 5.63. The van der Waals surface area contributed by atoms with Gasteiger partial charge in [0, 0.05) is 45.0 Å². The van der Waals surface area contributed by atoms with Gasteiger partial charge in [-0.05, 0) is 30.3 Å². The van der Waals surface area contributed by atoms with Gasteiger partial charge >= 0.3 is 0 Å². The molecular formula is C23H18FN3S. The molecule has 2 heterocycles. The van der Waals surface area contributed by atoms with E-state index >= 15 is 0 Å². The molecule has 4 aromatic rings. The molecule has 0 spiro atoms. The fourth-order valence-electron chi connectivity index (χ4n) is 2.98. The molecule has 0 amide bonds. The lowest BCUT2D eigenvalue weighted by Gasteiger charge is -2.12. The van der Waals surface area contributed by atoms with Crippen molar-refractivity contribution in [1.29, 1.82) is 5.41 Å². The van der Waals surface area contributed by atoms with Crippen LogP contribution in [0, 0.1) is 11.2 Å². The number of nitrogens with one attached hydrogen (secondary N) is 2. The first kappa shape index (κ1) is 18.1. The van der Waals surface area contributed by atoms with Crippen molar-refractivity contribution < 1.29 is 4.39 Å². The Kier molecular flexibility index (Phi) is 5.26. The summed E-state index contributed by atoms with van der Waals surface area (Å²) >= 11 is 1.65. The van der Waals surface area contributed by atoms with E-state index in [1.807, 2.05) is 30.3 Å². The molecule has 0 saturated carbocycles. The van der Waals surface area contributed by atoms with E-state index in [1.165, 1.54) is 10.8 Å². The summed E-state index contributed by atoms with van der Waals surface area (Å²) in [7, 11) is 0. The van der Waals surface area contributed by atoms with Gasteiger partial charge in [0.25, 0.3) is 0 Å². The summed E-state index contributed by atoms with van der Waals surface area (Å²) in [5, 5.41) is 14.9. The van der Waals surface area contributed by atoms with Crippen LogP contribution in [0.5, 0.6) is 0 Å². The molecule has 0 aliphatic carbocycles. The Morgan fingerprint density at radius 3 is 2.64 bits per heavy atom. The topological polar surface area (TPSA) is 48.8 Å². The molecule has 0 fully saturated rings. The highest BCUT2D eigenvalue weighted by molar-refractivity contribution is 7.17. The standard InChI is InChI=1S/C23H18FN3S/c24-19-9-3-1-7-16(19)14-27-22(13-20(25)21-10-5-6-12-26-21)18-15-28-23-11-4-2-8-17(18)23/h1-13,15,25,27H,14H2/b22-13-,25-20?. The molecule has 138 valence electrons. The zero-order valence-electron chi connectivity index (χ0n) is 15.0. The number of allylic oxidation sites excluding steroid dienone is 1. The van der Waals surface area contributed by atoms with E-state index in [0.29, 0.717) is 23.5 Å². The van der Waals surface area contributed by atoms with E-state index in [2.05, 4.69) is 27.8 Å². The Hall–Kier alpha value is -3.31. The maximum absolute atomic E-state index is 14.1. The van der Waals surface area contributed by atoms with Crippen molar-refractivity contribution in [2.24, 2.45) is 0 Å². The third-order valence-electron chi connectivity index (χ3n) is 4.43. The zero-order valence-corrected chi connectivity index (χ0v) is 15.8. The van der Waals surface area contributed by atoms with Crippen LogP contribution < -0.4 is 5.32 Å². The maximum Gasteiger partial charge on any atom is 0.128 e. The summed E-state index contributed by atoms with van der Waals surface area (Å²) in [6.45, 7) is 0.332. The smallest absolute Gasteiger partial charge is 0.128 e. The molecule has 0 saturated heterocycles. The van der Waals surface area contributed by atoms with E-state index < -0.39 is 0 Å². The van der Waals surface area contributed by atoms with Gasteiger partial charge in [-0.25, -0.2) is 4.39 Å². The second kappa shape index (κ2) is 8.15. The van der Waals surface area contributed by atoms with Gasteiger partial charge in [-0.1, -0.05) is 42.5 Å². The molecular weight excluding hydrogens is 369 g/mol. The van der Waals surface area contributed by atoms with Crippen LogP contribution in [0.1, 0.15) is 16.8 Å². The van der Waals surface area contributed by atoms with E-state index in [0.717, 1.165) is 16.6 Å². The molecule has 2 aromatic carbocycles. The van der Waals surface area contributed by atoms with E-state index in [-0.39, 0.29) is 5.82 Å². The first-order valence-electron chi connectivity index (χ1n) is 8.88. The number of pyridine rings is 1. The molecule has 0 aliphatic rings. The molecule has 2 aromatic heterocycles. The van der Waals surface area contributed by atoms with Crippen LogP contribution in [0.3, 0.4) is 0 Å². The van der Waals surface area contributed by atoms with Gasteiger partial charge in [-0.3, -0.25) is 10.4 Å². The van der Waals surface area contributed by atoms with Gasteiger partial charge in [-0.2, -0.15) is 0 Å². The zero-order chi connectivity index (χ0) is 19.3. The Bertz CT molecular complexity index is 1150. The SMILES string of the molecule is N=C(/C=C(\NCc1ccccc1F)c1csc2ccccc12)c1ccccn1. The first-order chi connectivity index (χ1) is 13.7. The van der Waals surface area contributed by atoms with Crippen molar-refractivity contribution in [3.8, 4) is 0 Å². The molecule has 3 nitrogen and oxygen atoms in total. The first-order valence-corrected chi connectivity index (χ1v) is 9.76. The Morgan fingerprint density at radius 1 is 1.04 bits per heavy atom. The van der Waals surface area contributed by atoms with Gasteiger partial charge in [0.15, 0.2) is 0 Å². The summed E-state index contributed by atoms with van der Waals surface area (Å²) in [6.07, 6.45) is 3.43. The number of halogens is 1. The lowest BCUT2D eigenvalue weighted by Crippen LogP contribution is -2.14. The second-order valence-corrected chi connectivity index (χ2v) is 7.19. The number of aromatic nitrogens is 1. The largest absolute Gasteiger partial charge is 0.380 e. The van der Waals surface area contributed by atoms with Crippen LogP contribution in [0.25, 0.3) is 15.8 Å². The Balaban J connectivity index is 1.71. The van der Waals surface area contributed by atoms with E-state index in [1.54, 1.807) is 41.8 Å². The van der Waals surface area contributed by atoms with Gasteiger partial charge in [0.1, 0.15) is 5.82 Å². The molecule has 2 N–H and O–H groups in total. The van der Waals surface area contributed by atoms with Crippen molar-refractivity contribution in [1.82, 2.24) is 10.3 Å². The van der Waals surface area contributed by atoms with Crippen LogP contribution in [-0.4, -0.2) is 10.7 Å². The minimum absolute atomic E-state index is 0.246. The fourth-order valence-corrected chi connectivity index (χ4v) is 3.94. The number of thiophene rings is 1. The van der Waals surface area contributed by atoms with Crippen LogP contribution in [0.15, 0.2) is 84.4 Å². The highest BCUT2D eigenvalue weighted by atomic mass is 32.1.